The van der Waals surface area contributed by atoms with Crippen molar-refractivity contribution in [3.63, 3.8) is 0 Å². The fourth-order valence-corrected chi connectivity index (χ4v) is 4.57. The summed E-state index contributed by atoms with van der Waals surface area (Å²) >= 11 is 4.90. The highest BCUT2D eigenvalue weighted by molar-refractivity contribution is 7.80. The molecule has 1 aromatic carbocycles. The number of likely N-dealkylation sites (N-methyl/N-ethyl adjacent to an activating group) is 1. The van der Waals surface area contributed by atoms with Crippen LogP contribution in [0.25, 0.3) is 0 Å². The van der Waals surface area contributed by atoms with Crippen molar-refractivity contribution in [2.75, 3.05) is 51.2 Å². The van der Waals surface area contributed by atoms with Gasteiger partial charge in [-0.1, -0.05) is 12.2 Å². The Morgan fingerprint density at radius 3 is 2.36 bits per heavy atom. The molecular weight excluding hydrogens is 565 g/mol. The molecule has 2 atom stereocenters. The first-order chi connectivity index (χ1) is 20.0. The fourth-order valence-electron chi connectivity index (χ4n) is 4.47. The number of nitrogens with one attached hydrogen (secondary N) is 2. The number of benzene rings is 1. The predicted molar refractivity (Wildman–Crippen MR) is 160 cm³/mol. The van der Waals surface area contributed by atoms with Crippen LogP contribution in [0.3, 0.4) is 0 Å². The van der Waals surface area contributed by atoms with Crippen molar-refractivity contribution in [1.82, 2.24) is 15.5 Å². The number of carbonyl (C=O) groups is 4. The van der Waals surface area contributed by atoms with Gasteiger partial charge in [0, 0.05) is 46.6 Å². The summed E-state index contributed by atoms with van der Waals surface area (Å²) in [5, 5.41) is 15.2. The molecule has 0 aliphatic carbocycles. The van der Waals surface area contributed by atoms with E-state index in [0.29, 0.717) is 42.5 Å². The standard InChI is InChI=1S/C15H24N2O6S.C14H18FN3/c1-5-17(8-6-7-16-10(2)24)15(21)14(23-12(4)20)13(9-18)22-11(3)19;1-17-10-11-4-6-18(7-5-11)14-3-2-13(15)8-12(14)9-16/h9,13-14H,5-8H2,1-4H3,(H,16,24);2-3,8,11,17H,4-7,10H2,1H3. The zero-order valence-corrected chi connectivity index (χ0v) is 25.8. The Bertz CT molecular complexity index is 1110. The minimum Gasteiger partial charge on any atom is -0.450 e. The summed E-state index contributed by atoms with van der Waals surface area (Å²) in [6, 6.07) is 6.53. The first-order valence-electron chi connectivity index (χ1n) is 13.9. The van der Waals surface area contributed by atoms with Crippen LogP contribution in [0.15, 0.2) is 18.2 Å². The minimum atomic E-state index is -1.50. The van der Waals surface area contributed by atoms with E-state index in [1.54, 1.807) is 19.9 Å². The van der Waals surface area contributed by atoms with Gasteiger partial charge in [-0.15, -0.1) is 0 Å². The van der Waals surface area contributed by atoms with Gasteiger partial charge >= 0.3 is 11.9 Å². The van der Waals surface area contributed by atoms with E-state index >= 15 is 0 Å². The molecule has 0 spiro atoms. The number of thiocarbonyl (C=S) groups is 1. The highest BCUT2D eigenvalue weighted by Gasteiger charge is 2.36. The first-order valence-corrected chi connectivity index (χ1v) is 14.3. The number of amides is 1. The molecule has 0 saturated carbocycles. The number of esters is 2. The highest BCUT2D eigenvalue weighted by atomic mass is 32.1. The number of aldehydes is 1. The number of carbonyl (C=O) groups excluding carboxylic acids is 4. The molecule has 0 aromatic heterocycles. The van der Waals surface area contributed by atoms with Gasteiger partial charge in [0.2, 0.25) is 12.2 Å². The number of halogens is 1. The maximum Gasteiger partial charge on any atom is 0.303 e. The lowest BCUT2D eigenvalue weighted by Gasteiger charge is -2.34. The first kappa shape index (κ1) is 36.4. The lowest BCUT2D eigenvalue weighted by atomic mass is 9.96. The highest BCUT2D eigenvalue weighted by Crippen LogP contribution is 2.26. The summed E-state index contributed by atoms with van der Waals surface area (Å²) in [6.45, 7) is 9.93. The van der Waals surface area contributed by atoms with Crippen molar-refractivity contribution in [3.05, 3.63) is 29.6 Å². The fraction of sp³-hybridized carbons (Fsp3) is 0.586. The Hall–Kier alpha value is -3.63. The number of piperidine rings is 1. The molecule has 1 aliphatic heterocycles. The molecular formula is C29H42FN5O6S. The number of hydrogen-bond donors (Lipinski definition) is 2. The van der Waals surface area contributed by atoms with Crippen molar-refractivity contribution in [2.24, 2.45) is 5.92 Å². The van der Waals surface area contributed by atoms with Crippen molar-refractivity contribution < 1.29 is 33.0 Å². The minimum absolute atomic E-state index is 0.276. The number of anilines is 1. The summed E-state index contributed by atoms with van der Waals surface area (Å²) in [4.78, 5) is 50.3. The summed E-state index contributed by atoms with van der Waals surface area (Å²) in [5.74, 6) is -1.73. The second-order valence-electron chi connectivity index (χ2n) is 9.76. The molecule has 1 aliphatic rings. The van der Waals surface area contributed by atoms with Crippen molar-refractivity contribution in [2.45, 2.75) is 59.2 Å². The number of nitriles is 1. The van der Waals surface area contributed by atoms with Crippen LogP contribution < -0.4 is 15.5 Å². The van der Waals surface area contributed by atoms with E-state index in [9.17, 15) is 23.6 Å². The number of ether oxygens (including phenoxy) is 2. The molecule has 1 aromatic rings. The van der Waals surface area contributed by atoms with E-state index in [-0.39, 0.29) is 12.1 Å². The van der Waals surface area contributed by atoms with Gasteiger partial charge < -0.3 is 29.9 Å². The quantitative estimate of drug-likeness (QED) is 0.148. The van der Waals surface area contributed by atoms with Crippen LogP contribution >= 0.6 is 12.2 Å². The molecule has 2 N–H and O–H groups in total. The number of hydrogen-bond acceptors (Lipinski definition) is 10. The van der Waals surface area contributed by atoms with Crippen LogP contribution in [0, 0.1) is 23.1 Å². The van der Waals surface area contributed by atoms with Crippen LogP contribution in [0.5, 0.6) is 0 Å². The molecule has 13 heteroatoms. The summed E-state index contributed by atoms with van der Waals surface area (Å²) in [7, 11) is 1.97. The van der Waals surface area contributed by atoms with Gasteiger partial charge in [-0.2, -0.15) is 5.26 Å². The van der Waals surface area contributed by atoms with Gasteiger partial charge in [0.15, 0.2) is 6.29 Å². The van der Waals surface area contributed by atoms with Crippen LogP contribution in [-0.2, 0) is 28.7 Å². The summed E-state index contributed by atoms with van der Waals surface area (Å²) in [6.07, 6.45) is 0.141. The van der Waals surface area contributed by atoms with Crippen LogP contribution in [0.2, 0.25) is 0 Å². The van der Waals surface area contributed by atoms with Crippen LogP contribution in [0.4, 0.5) is 10.1 Å². The maximum absolute atomic E-state index is 13.1. The van der Waals surface area contributed by atoms with Gasteiger partial charge in [0.1, 0.15) is 11.9 Å². The third-order valence-corrected chi connectivity index (χ3v) is 6.61. The molecule has 1 saturated heterocycles. The van der Waals surface area contributed by atoms with Gasteiger partial charge in [-0.3, -0.25) is 19.2 Å². The van der Waals surface area contributed by atoms with E-state index < -0.39 is 30.1 Å². The molecule has 2 rings (SSSR count). The SMILES string of the molecule is CCN(CCCNC(C)=S)C(=O)C(OC(C)=O)C(C=O)OC(C)=O.CNCC1CCN(c2ccc(F)cc2C#N)CC1. The van der Waals surface area contributed by atoms with Gasteiger partial charge in [-0.25, -0.2) is 4.39 Å². The maximum atomic E-state index is 13.1. The Morgan fingerprint density at radius 2 is 1.86 bits per heavy atom. The van der Waals surface area contributed by atoms with E-state index in [1.807, 2.05) is 7.05 Å². The van der Waals surface area contributed by atoms with Crippen molar-refractivity contribution in [1.29, 1.82) is 5.26 Å². The van der Waals surface area contributed by atoms with E-state index in [2.05, 4.69) is 21.6 Å². The predicted octanol–water partition coefficient (Wildman–Crippen LogP) is 2.36. The summed E-state index contributed by atoms with van der Waals surface area (Å²) < 4.78 is 22.8. The molecule has 232 valence electrons. The molecule has 2 unspecified atom stereocenters. The topological polar surface area (TPSA) is 141 Å². The lowest BCUT2D eigenvalue weighted by Crippen LogP contribution is -2.49. The van der Waals surface area contributed by atoms with Crippen molar-refractivity contribution >= 4 is 47.0 Å². The Labute approximate surface area is 252 Å². The smallest absolute Gasteiger partial charge is 0.303 e. The van der Waals surface area contributed by atoms with Gasteiger partial charge in [-0.05, 0) is 70.8 Å². The molecule has 11 nitrogen and oxygen atoms in total. The average Bonchev–Trinajstić information content (AvgIpc) is 2.95. The Morgan fingerprint density at radius 1 is 1.21 bits per heavy atom. The number of nitrogens with zero attached hydrogens (tertiary/aromatic N) is 3. The summed E-state index contributed by atoms with van der Waals surface area (Å²) in [5.41, 5.74) is 1.30. The van der Waals surface area contributed by atoms with E-state index in [4.69, 9.17) is 27.0 Å². The molecule has 42 heavy (non-hydrogen) atoms. The third kappa shape index (κ3) is 12.9. The second-order valence-corrected chi connectivity index (χ2v) is 10.4. The largest absolute Gasteiger partial charge is 0.450 e. The third-order valence-electron chi connectivity index (χ3n) is 6.47. The zero-order chi connectivity index (χ0) is 31.7. The van der Waals surface area contributed by atoms with E-state index in [1.165, 1.54) is 17.0 Å². The normalized spacial score (nSPS) is 14.3. The van der Waals surface area contributed by atoms with Gasteiger partial charge in [0.25, 0.3) is 5.91 Å². The van der Waals surface area contributed by atoms with Gasteiger partial charge in [0.05, 0.1) is 16.2 Å². The Kier molecular flexibility index (Phi) is 16.9. The molecule has 1 amide bonds. The molecule has 1 heterocycles. The van der Waals surface area contributed by atoms with Crippen LogP contribution in [-0.4, -0.2) is 92.5 Å². The molecule has 1 fully saturated rings. The van der Waals surface area contributed by atoms with Crippen LogP contribution in [0.1, 0.15) is 52.5 Å². The number of rotatable bonds is 13. The molecule has 0 radical (unpaired) electrons. The zero-order valence-electron chi connectivity index (χ0n) is 25.0. The second kappa shape index (κ2) is 19.5. The van der Waals surface area contributed by atoms with Crippen molar-refractivity contribution in [3.8, 4) is 6.07 Å². The lowest BCUT2D eigenvalue weighted by molar-refractivity contribution is -0.174. The molecule has 0 bridgehead atoms. The Balaban J connectivity index is 0.000000435. The monoisotopic (exact) mass is 607 g/mol. The average molecular weight is 608 g/mol. The van der Waals surface area contributed by atoms with E-state index in [0.717, 1.165) is 52.0 Å².